The lowest BCUT2D eigenvalue weighted by atomic mass is 9.96. The average molecular weight is 373 g/mol. The summed E-state index contributed by atoms with van der Waals surface area (Å²) in [5.74, 6) is -2.91. The van der Waals surface area contributed by atoms with Gasteiger partial charge in [0.1, 0.15) is 24.9 Å². The van der Waals surface area contributed by atoms with Crippen LogP contribution in [0.1, 0.15) is 27.7 Å². The van der Waals surface area contributed by atoms with E-state index in [0.717, 1.165) is 27.7 Å². The molecule has 0 N–H and O–H groups in total. The molecule has 0 aliphatic carbocycles. The maximum atomic E-state index is 11.4. The average Bonchev–Trinajstić information content (AvgIpc) is 2.50. The van der Waals surface area contributed by atoms with Gasteiger partial charge in [-0.3, -0.25) is 19.2 Å². The van der Waals surface area contributed by atoms with Gasteiger partial charge < -0.3 is 23.7 Å². The summed E-state index contributed by atoms with van der Waals surface area (Å²) >= 11 is 0. The highest BCUT2D eigenvalue weighted by molar-refractivity contribution is 5.68. The highest BCUT2D eigenvalue weighted by atomic mass is 16.7. The first kappa shape index (κ1) is 21.2. The summed E-state index contributed by atoms with van der Waals surface area (Å²) < 4.78 is 25.5. The van der Waals surface area contributed by atoms with Crippen molar-refractivity contribution in [3.63, 3.8) is 0 Å². The summed E-state index contributed by atoms with van der Waals surface area (Å²) in [5.41, 5.74) is 8.84. The topological polar surface area (TPSA) is 163 Å². The van der Waals surface area contributed by atoms with Crippen molar-refractivity contribution in [2.45, 2.75) is 58.3 Å². The summed E-state index contributed by atoms with van der Waals surface area (Å²) in [7, 11) is 0. The van der Waals surface area contributed by atoms with Crippen molar-refractivity contribution in [2.75, 3.05) is 6.61 Å². The van der Waals surface area contributed by atoms with Crippen LogP contribution in [0, 0.1) is 0 Å². The third-order valence-electron chi connectivity index (χ3n) is 3.14. The highest BCUT2D eigenvalue weighted by Crippen LogP contribution is 2.29. The number of ether oxygens (including phenoxy) is 5. The summed E-state index contributed by atoms with van der Waals surface area (Å²) in [5, 5.41) is 3.50. The van der Waals surface area contributed by atoms with Gasteiger partial charge in [-0.25, -0.2) is 0 Å². The Kier molecular flexibility index (Phi) is 7.81. The van der Waals surface area contributed by atoms with Crippen LogP contribution in [0.25, 0.3) is 10.4 Å². The van der Waals surface area contributed by atoms with E-state index in [-0.39, 0.29) is 6.61 Å². The van der Waals surface area contributed by atoms with Crippen molar-refractivity contribution in [1.29, 1.82) is 0 Å². The van der Waals surface area contributed by atoms with Crippen LogP contribution >= 0.6 is 0 Å². The van der Waals surface area contributed by atoms with E-state index in [1.165, 1.54) is 0 Å². The summed E-state index contributed by atoms with van der Waals surface area (Å²) in [6.45, 7) is 4.06. The molecule has 144 valence electrons. The molecule has 1 heterocycles. The molecule has 0 amide bonds. The number of nitrogens with zero attached hydrogens (tertiary/aromatic N) is 3. The molecule has 12 heteroatoms. The number of carbonyl (C=O) groups excluding carboxylic acids is 4. The number of esters is 4. The van der Waals surface area contributed by atoms with Gasteiger partial charge >= 0.3 is 23.9 Å². The molecule has 0 saturated carbocycles. The van der Waals surface area contributed by atoms with E-state index in [0.29, 0.717) is 0 Å². The first-order valence-electron chi connectivity index (χ1n) is 7.50. The zero-order valence-electron chi connectivity index (χ0n) is 14.6. The predicted octanol–water partition coefficient (Wildman–Crippen LogP) is 0.380. The zero-order valence-corrected chi connectivity index (χ0v) is 14.6. The third kappa shape index (κ3) is 6.22. The fraction of sp³-hybridized carbons (Fsp3) is 0.714. The van der Waals surface area contributed by atoms with E-state index in [2.05, 4.69) is 10.0 Å². The van der Waals surface area contributed by atoms with Gasteiger partial charge in [-0.1, -0.05) is 5.11 Å². The first-order chi connectivity index (χ1) is 12.1. The van der Waals surface area contributed by atoms with Crippen molar-refractivity contribution in [3.05, 3.63) is 10.4 Å². The molecule has 0 spiro atoms. The lowest BCUT2D eigenvalue weighted by Gasteiger charge is -2.42. The molecule has 26 heavy (non-hydrogen) atoms. The van der Waals surface area contributed by atoms with Gasteiger partial charge in [0.25, 0.3) is 0 Å². The Labute approximate surface area is 148 Å². The van der Waals surface area contributed by atoms with E-state index in [9.17, 15) is 19.2 Å². The van der Waals surface area contributed by atoms with Gasteiger partial charge in [0, 0.05) is 32.6 Å². The molecule has 1 aliphatic rings. The van der Waals surface area contributed by atoms with Gasteiger partial charge in [-0.05, 0) is 5.53 Å². The maximum absolute atomic E-state index is 11.4. The minimum absolute atomic E-state index is 0.380. The third-order valence-corrected chi connectivity index (χ3v) is 3.14. The largest absolute Gasteiger partial charge is 0.463 e. The van der Waals surface area contributed by atoms with E-state index >= 15 is 0 Å². The first-order valence-corrected chi connectivity index (χ1v) is 7.50. The van der Waals surface area contributed by atoms with E-state index in [1.807, 2.05) is 0 Å². The smallest absolute Gasteiger partial charge is 0.305 e. The molecule has 0 aromatic rings. The SMILES string of the molecule is CC(=O)OCC1OC(OC(C)=O)C(OC(C)=O)[C@@H](N=[N+]=[N-])[C@H]1OC(C)=O. The Bertz CT molecular complexity index is 617. The molecule has 1 aliphatic heterocycles. The second-order valence-electron chi connectivity index (χ2n) is 5.30. The Morgan fingerprint density at radius 1 is 0.923 bits per heavy atom. The molecular weight excluding hydrogens is 354 g/mol. The molecule has 1 fully saturated rings. The van der Waals surface area contributed by atoms with Crippen molar-refractivity contribution in [3.8, 4) is 0 Å². The van der Waals surface area contributed by atoms with Gasteiger partial charge in [0.15, 0.2) is 6.10 Å². The van der Waals surface area contributed by atoms with Crippen LogP contribution in [0.3, 0.4) is 0 Å². The monoisotopic (exact) mass is 373 g/mol. The van der Waals surface area contributed by atoms with Crippen LogP contribution < -0.4 is 0 Å². The van der Waals surface area contributed by atoms with Crippen molar-refractivity contribution in [1.82, 2.24) is 0 Å². The number of rotatable bonds is 6. The maximum Gasteiger partial charge on any atom is 0.305 e. The van der Waals surface area contributed by atoms with Crippen LogP contribution in [-0.4, -0.2) is 61.1 Å². The van der Waals surface area contributed by atoms with Crippen LogP contribution in [0.5, 0.6) is 0 Å². The zero-order chi connectivity index (χ0) is 19.9. The van der Waals surface area contributed by atoms with Gasteiger partial charge in [0.05, 0.1) is 0 Å². The number of hydrogen-bond acceptors (Lipinski definition) is 10. The Hall–Kier alpha value is -2.85. The molecule has 0 radical (unpaired) electrons. The normalized spacial score (nSPS) is 27.5. The predicted molar refractivity (Wildman–Crippen MR) is 81.1 cm³/mol. The lowest BCUT2D eigenvalue weighted by Crippen LogP contribution is -2.61. The minimum atomic E-state index is -1.46. The van der Waals surface area contributed by atoms with Crippen molar-refractivity contribution < 1.29 is 42.9 Å². The van der Waals surface area contributed by atoms with Crippen LogP contribution in [0.2, 0.25) is 0 Å². The van der Waals surface area contributed by atoms with E-state index < -0.39 is 54.5 Å². The Morgan fingerprint density at radius 2 is 1.46 bits per heavy atom. The van der Waals surface area contributed by atoms with Gasteiger partial charge in [-0.2, -0.15) is 0 Å². The highest BCUT2D eigenvalue weighted by Gasteiger charge is 2.51. The van der Waals surface area contributed by atoms with Crippen LogP contribution in [0.15, 0.2) is 5.11 Å². The summed E-state index contributed by atoms with van der Waals surface area (Å²) in [6, 6.07) is -1.29. The summed E-state index contributed by atoms with van der Waals surface area (Å²) in [6.07, 6.45) is -5.21. The molecular formula is C14H19N3O9. The second-order valence-corrected chi connectivity index (χ2v) is 5.30. The molecule has 0 aromatic heterocycles. The number of carbonyl (C=O) groups is 4. The standard InChI is InChI=1S/C14H19N3O9/c1-6(18)22-5-10-12(23-7(2)19)11(16-17-15)13(24-8(3)20)14(26-10)25-9(4)21/h10-14H,5H2,1-4H3/t10?,11-,12-,13?,14?/m0/s1. The number of azide groups is 1. The Balaban J connectivity index is 3.27. The fourth-order valence-electron chi connectivity index (χ4n) is 2.33. The molecule has 0 aromatic carbocycles. The fourth-order valence-corrected chi connectivity index (χ4v) is 2.33. The molecule has 1 saturated heterocycles. The quantitative estimate of drug-likeness (QED) is 0.210. The number of hydrogen-bond donors (Lipinski definition) is 0. The van der Waals surface area contributed by atoms with E-state index in [1.54, 1.807) is 0 Å². The lowest BCUT2D eigenvalue weighted by molar-refractivity contribution is -0.275. The molecule has 1 rings (SSSR count). The summed E-state index contributed by atoms with van der Waals surface area (Å²) in [4.78, 5) is 47.9. The van der Waals surface area contributed by atoms with Crippen molar-refractivity contribution >= 4 is 23.9 Å². The van der Waals surface area contributed by atoms with Crippen molar-refractivity contribution in [2.24, 2.45) is 5.11 Å². The minimum Gasteiger partial charge on any atom is -0.463 e. The van der Waals surface area contributed by atoms with Crippen LogP contribution in [-0.2, 0) is 42.9 Å². The molecule has 5 atom stereocenters. The van der Waals surface area contributed by atoms with E-state index in [4.69, 9.17) is 29.2 Å². The molecule has 3 unspecified atom stereocenters. The Morgan fingerprint density at radius 3 is 1.92 bits per heavy atom. The van der Waals surface area contributed by atoms with Crippen LogP contribution in [0.4, 0.5) is 0 Å². The van der Waals surface area contributed by atoms with Gasteiger partial charge in [0.2, 0.25) is 6.29 Å². The van der Waals surface area contributed by atoms with Gasteiger partial charge in [-0.15, -0.1) is 0 Å². The molecule has 0 bridgehead atoms. The molecule has 12 nitrogen and oxygen atoms in total. The second kappa shape index (κ2) is 9.59.